The van der Waals surface area contributed by atoms with Crippen LogP contribution in [0.2, 0.25) is 0 Å². The van der Waals surface area contributed by atoms with Gasteiger partial charge < -0.3 is 5.11 Å². The van der Waals surface area contributed by atoms with Gasteiger partial charge >= 0.3 is 6.11 Å². The summed E-state index contributed by atoms with van der Waals surface area (Å²) < 4.78 is 22.6. The largest absolute Gasteiger partial charge is 0.353 e. The van der Waals surface area contributed by atoms with Gasteiger partial charge in [0.15, 0.2) is 0 Å². The first-order chi connectivity index (χ1) is 3.06. The molecule has 0 atom stereocenters. The fourth-order valence-electron chi connectivity index (χ4n) is 0.301. The summed E-state index contributed by atoms with van der Waals surface area (Å²) in [6.45, 7) is 1.59. The highest BCUT2D eigenvalue weighted by atomic mass is 35.5. The molecule has 0 amide bonds. The summed E-state index contributed by atoms with van der Waals surface area (Å²) in [5.74, 6) is 0. The lowest BCUT2D eigenvalue weighted by Crippen LogP contribution is -2.12. The normalized spacial score (nSPS) is 10.5. The Morgan fingerprint density at radius 2 is 1.88 bits per heavy atom. The van der Waals surface area contributed by atoms with Gasteiger partial charge in [0.1, 0.15) is 0 Å². The molecule has 1 N–H and O–H groups in total. The molecule has 0 bridgehead atoms. The SMILES string of the molecule is CCCC(O)(F)F.Cl. The third-order valence-corrected chi connectivity index (χ3v) is 0.551. The third kappa shape index (κ3) is 9.44. The van der Waals surface area contributed by atoms with E-state index in [1.54, 1.807) is 6.92 Å². The van der Waals surface area contributed by atoms with E-state index in [1.165, 1.54) is 0 Å². The van der Waals surface area contributed by atoms with Gasteiger partial charge in [-0.15, -0.1) is 12.4 Å². The van der Waals surface area contributed by atoms with E-state index in [4.69, 9.17) is 5.11 Å². The molecule has 0 unspecified atom stereocenters. The molecule has 0 rings (SSSR count). The van der Waals surface area contributed by atoms with Crippen molar-refractivity contribution in [3.05, 3.63) is 0 Å². The Hall–Kier alpha value is 0.110. The molecule has 0 saturated heterocycles. The van der Waals surface area contributed by atoms with Crippen LogP contribution in [-0.2, 0) is 0 Å². The lowest BCUT2D eigenvalue weighted by atomic mass is 10.3. The monoisotopic (exact) mass is 146 g/mol. The Morgan fingerprint density at radius 1 is 1.50 bits per heavy atom. The average molecular weight is 147 g/mol. The number of aliphatic hydroxyl groups is 1. The van der Waals surface area contributed by atoms with Crippen LogP contribution in [0.5, 0.6) is 0 Å². The minimum absolute atomic E-state index is 0. The van der Waals surface area contributed by atoms with E-state index in [1.807, 2.05) is 0 Å². The summed E-state index contributed by atoms with van der Waals surface area (Å²) in [6.07, 6.45) is -3.58. The maximum Gasteiger partial charge on any atom is 0.353 e. The van der Waals surface area contributed by atoms with Crippen LogP contribution in [0.3, 0.4) is 0 Å². The van der Waals surface area contributed by atoms with Crippen molar-refractivity contribution in [1.82, 2.24) is 0 Å². The zero-order valence-electron chi connectivity index (χ0n) is 4.53. The van der Waals surface area contributed by atoms with Crippen molar-refractivity contribution in [3.63, 3.8) is 0 Å². The van der Waals surface area contributed by atoms with Gasteiger partial charge in [0.2, 0.25) is 0 Å². The molecule has 4 heteroatoms. The van der Waals surface area contributed by atoms with Crippen LogP contribution in [0.4, 0.5) is 8.78 Å². The molecule has 8 heavy (non-hydrogen) atoms. The number of hydrogen-bond donors (Lipinski definition) is 1. The second kappa shape index (κ2) is 4.04. The fraction of sp³-hybridized carbons (Fsp3) is 1.00. The molecule has 52 valence electrons. The van der Waals surface area contributed by atoms with Gasteiger partial charge in [-0.05, 0) is 6.42 Å². The van der Waals surface area contributed by atoms with Gasteiger partial charge in [-0.1, -0.05) is 6.92 Å². The highest BCUT2D eigenvalue weighted by Gasteiger charge is 2.21. The molecule has 0 aliphatic rings. The van der Waals surface area contributed by atoms with E-state index in [-0.39, 0.29) is 12.4 Å². The molecule has 0 radical (unpaired) electrons. The second-order valence-corrected chi connectivity index (χ2v) is 1.42. The van der Waals surface area contributed by atoms with Gasteiger partial charge in [0, 0.05) is 6.42 Å². The van der Waals surface area contributed by atoms with Crippen molar-refractivity contribution < 1.29 is 13.9 Å². The zero-order valence-corrected chi connectivity index (χ0v) is 5.34. The number of hydrogen-bond acceptors (Lipinski definition) is 1. The van der Waals surface area contributed by atoms with Crippen LogP contribution in [0, 0.1) is 0 Å². The Bertz CT molecular complexity index is 52.5. The third-order valence-electron chi connectivity index (χ3n) is 0.551. The molecular weight excluding hydrogens is 137 g/mol. The maximum absolute atomic E-state index is 11.3. The van der Waals surface area contributed by atoms with Crippen LogP contribution in [-0.4, -0.2) is 11.2 Å². The molecule has 0 aromatic heterocycles. The molecule has 0 aliphatic heterocycles. The van der Waals surface area contributed by atoms with Crippen molar-refractivity contribution >= 4 is 12.4 Å². The molecular formula is C4H9ClF2O. The molecule has 0 aliphatic carbocycles. The average Bonchev–Trinajstić information content (AvgIpc) is 1.30. The molecule has 0 saturated carbocycles. The van der Waals surface area contributed by atoms with Crippen molar-refractivity contribution in [1.29, 1.82) is 0 Å². The minimum Gasteiger partial charge on any atom is -0.336 e. The van der Waals surface area contributed by atoms with E-state index in [9.17, 15) is 8.78 Å². The quantitative estimate of drug-likeness (QED) is 0.630. The Balaban J connectivity index is 0. The summed E-state index contributed by atoms with van der Waals surface area (Å²) in [5, 5.41) is 7.68. The Morgan fingerprint density at radius 3 is 1.88 bits per heavy atom. The van der Waals surface area contributed by atoms with E-state index < -0.39 is 12.5 Å². The highest BCUT2D eigenvalue weighted by Crippen LogP contribution is 2.14. The number of halogens is 3. The first-order valence-electron chi connectivity index (χ1n) is 2.16. The smallest absolute Gasteiger partial charge is 0.336 e. The molecule has 0 fully saturated rings. The topological polar surface area (TPSA) is 20.2 Å². The van der Waals surface area contributed by atoms with Gasteiger partial charge in [0.25, 0.3) is 0 Å². The summed E-state index contributed by atoms with van der Waals surface area (Å²) in [5.41, 5.74) is 0. The van der Waals surface area contributed by atoms with E-state index in [2.05, 4.69) is 0 Å². The van der Waals surface area contributed by atoms with E-state index in [0.29, 0.717) is 6.42 Å². The zero-order chi connectivity index (χ0) is 5.91. The first-order valence-corrected chi connectivity index (χ1v) is 2.16. The molecule has 1 nitrogen and oxygen atoms in total. The van der Waals surface area contributed by atoms with Crippen LogP contribution < -0.4 is 0 Å². The lowest BCUT2D eigenvalue weighted by Gasteiger charge is -2.03. The lowest BCUT2D eigenvalue weighted by molar-refractivity contribution is -0.203. The van der Waals surface area contributed by atoms with Crippen LogP contribution in [0.1, 0.15) is 19.8 Å². The number of alkyl halides is 2. The summed E-state index contributed by atoms with van der Waals surface area (Å²) >= 11 is 0. The Labute approximate surface area is 53.1 Å². The molecule has 0 aromatic carbocycles. The summed E-state index contributed by atoms with van der Waals surface area (Å²) in [4.78, 5) is 0. The van der Waals surface area contributed by atoms with Crippen molar-refractivity contribution in [3.8, 4) is 0 Å². The van der Waals surface area contributed by atoms with Crippen molar-refractivity contribution in [2.75, 3.05) is 0 Å². The highest BCUT2D eigenvalue weighted by molar-refractivity contribution is 5.85. The fourth-order valence-corrected chi connectivity index (χ4v) is 0.301. The second-order valence-electron chi connectivity index (χ2n) is 1.42. The summed E-state index contributed by atoms with van der Waals surface area (Å²) in [7, 11) is 0. The van der Waals surface area contributed by atoms with Crippen LogP contribution in [0.15, 0.2) is 0 Å². The predicted octanol–water partition coefficient (Wildman–Crippen LogP) is 1.79. The first kappa shape index (κ1) is 11.0. The van der Waals surface area contributed by atoms with Gasteiger partial charge in [0.05, 0.1) is 0 Å². The predicted molar refractivity (Wildman–Crippen MR) is 29.3 cm³/mol. The molecule has 0 aromatic rings. The van der Waals surface area contributed by atoms with Crippen molar-refractivity contribution in [2.24, 2.45) is 0 Å². The Kier molecular flexibility index (Phi) is 5.54. The van der Waals surface area contributed by atoms with Crippen molar-refractivity contribution in [2.45, 2.75) is 25.9 Å². The number of rotatable bonds is 2. The maximum atomic E-state index is 11.3. The molecule has 0 spiro atoms. The van der Waals surface area contributed by atoms with Gasteiger partial charge in [-0.2, -0.15) is 8.78 Å². The van der Waals surface area contributed by atoms with Gasteiger partial charge in [-0.3, -0.25) is 0 Å². The van der Waals surface area contributed by atoms with Crippen LogP contribution in [0.25, 0.3) is 0 Å². The minimum atomic E-state index is -3.45. The standard InChI is InChI=1S/C4H8F2O.ClH/c1-2-3-4(5,6)7;/h7H,2-3H2,1H3;1H. The summed E-state index contributed by atoms with van der Waals surface area (Å²) in [6, 6.07) is 0. The van der Waals surface area contributed by atoms with Crippen LogP contribution >= 0.6 is 12.4 Å². The van der Waals surface area contributed by atoms with E-state index in [0.717, 1.165) is 0 Å². The molecule has 0 heterocycles. The van der Waals surface area contributed by atoms with Gasteiger partial charge in [-0.25, -0.2) is 0 Å². The van der Waals surface area contributed by atoms with E-state index >= 15 is 0 Å².